The predicted octanol–water partition coefficient (Wildman–Crippen LogP) is 2.77. The van der Waals surface area contributed by atoms with Crippen molar-refractivity contribution in [2.75, 3.05) is 0 Å². The fraction of sp³-hybridized carbons (Fsp3) is 0.143. The molecule has 0 saturated heterocycles. The molecule has 0 spiro atoms. The second kappa shape index (κ2) is 4.68. The molecule has 0 aliphatic carbocycles. The number of H-pyrrole nitrogens is 1. The topological polar surface area (TPSA) is 46.5 Å². The Morgan fingerprint density at radius 3 is 2.89 bits per heavy atom. The summed E-state index contributed by atoms with van der Waals surface area (Å²) in [5.41, 5.74) is 3.49. The van der Waals surface area contributed by atoms with Crippen molar-refractivity contribution in [3.63, 3.8) is 0 Å². The highest BCUT2D eigenvalue weighted by Gasteiger charge is 2.05. The zero-order chi connectivity index (χ0) is 13.2. The number of nitrogens with zero attached hydrogens (tertiary/aromatic N) is 3. The van der Waals surface area contributed by atoms with Crippen molar-refractivity contribution >= 4 is 0 Å². The van der Waals surface area contributed by atoms with Crippen LogP contribution in [0.4, 0.5) is 4.39 Å². The summed E-state index contributed by atoms with van der Waals surface area (Å²) in [6.45, 7) is 2.37. The number of hydrogen-bond donors (Lipinski definition) is 1. The lowest BCUT2D eigenvalue weighted by atomic mass is 10.1. The van der Waals surface area contributed by atoms with E-state index in [1.54, 1.807) is 25.4 Å². The monoisotopic (exact) mass is 256 g/mol. The van der Waals surface area contributed by atoms with Gasteiger partial charge in [0, 0.05) is 18.0 Å². The lowest BCUT2D eigenvalue weighted by molar-refractivity contribution is 0.619. The quantitative estimate of drug-likeness (QED) is 0.783. The molecule has 2 aromatic heterocycles. The lowest BCUT2D eigenvalue weighted by Crippen LogP contribution is -1.99. The lowest BCUT2D eigenvalue weighted by Gasteiger charge is -2.00. The third-order valence-corrected chi connectivity index (χ3v) is 3.01. The Bertz CT molecular complexity index is 685. The van der Waals surface area contributed by atoms with Crippen molar-refractivity contribution in [2.45, 2.75) is 13.5 Å². The Hall–Kier alpha value is -2.43. The van der Waals surface area contributed by atoms with Crippen LogP contribution in [0.25, 0.3) is 11.1 Å². The third-order valence-electron chi connectivity index (χ3n) is 3.01. The van der Waals surface area contributed by atoms with E-state index in [-0.39, 0.29) is 5.82 Å². The van der Waals surface area contributed by atoms with E-state index in [2.05, 4.69) is 15.3 Å². The molecule has 0 amide bonds. The van der Waals surface area contributed by atoms with Gasteiger partial charge in [-0.25, -0.2) is 4.39 Å². The van der Waals surface area contributed by atoms with Gasteiger partial charge in [-0.3, -0.25) is 9.78 Å². The maximum absolute atomic E-state index is 13.2. The Kier molecular flexibility index (Phi) is 2.87. The molecule has 4 nitrogen and oxygen atoms in total. The third kappa shape index (κ3) is 2.40. The largest absolute Gasteiger partial charge is 0.285 e. The van der Waals surface area contributed by atoms with Gasteiger partial charge in [0.05, 0.1) is 18.4 Å². The maximum atomic E-state index is 13.2. The number of nitrogens with one attached hydrogen (secondary N) is 1. The minimum atomic E-state index is -0.187. The number of halogens is 1. The van der Waals surface area contributed by atoms with E-state index in [1.807, 2.05) is 23.0 Å². The first-order valence-electron chi connectivity index (χ1n) is 6.00. The first kappa shape index (κ1) is 11.6. The molecule has 3 rings (SSSR count). The molecular weight excluding hydrogens is 243 g/mol. The van der Waals surface area contributed by atoms with Gasteiger partial charge in [-0.15, -0.1) is 0 Å². The summed E-state index contributed by atoms with van der Waals surface area (Å²) >= 11 is 0. The molecule has 0 unspecified atom stereocenters. The van der Waals surface area contributed by atoms with Gasteiger partial charge in [0.15, 0.2) is 0 Å². The SMILES string of the molecule is Cc1cc(-c2cnn(Cc3cc[nH]n3)c2)ccc1F. The fourth-order valence-electron chi connectivity index (χ4n) is 1.97. The van der Waals surface area contributed by atoms with Gasteiger partial charge in [-0.2, -0.15) is 10.2 Å². The Labute approximate surface area is 109 Å². The summed E-state index contributed by atoms with van der Waals surface area (Å²) in [7, 11) is 0. The number of aryl methyl sites for hydroxylation is 1. The van der Waals surface area contributed by atoms with Crippen molar-refractivity contribution in [1.82, 2.24) is 20.0 Å². The fourth-order valence-corrected chi connectivity index (χ4v) is 1.97. The van der Waals surface area contributed by atoms with Crippen molar-refractivity contribution in [1.29, 1.82) is 0 Å². The summed E-state index contributed by atoms with van der Waals surface area (Å²) in [6.07, 6.45) is 5.49. The van der Waals surface area contributed by atoms with Gasteiger partial charge >= 0.3 is 0 Å². The summed E-state index contributed by atoms with van der Waals surface area (Å²) in [5, 5.41) is 11.1. The van der Waals surface area contributed by atoms with Gasteiger partial charge in [0.25, 0.3) is 0 Å². The molecule has 2 heterocycles. The summed E-state index contributed by atoms with van der Waals surface area (Å²) in [4.78, 5) is 0. The van der Waals surface area contributed by atoms with E-state index in [1.165, 1.54) is 6.07 Å². The van der Waals surface area contributed by atoms with E-state index < -0.39 is 0 Å². The number of hydrogen-bond acceptors (Lipinski definition) is 2. The van der Waals surface area contributed by atoms with Crippen molar-refractivity contribution in [2.24, 2.45) is 0 Å². The van der Waals surface area contributed by atoms with Crippen LogP contribution in [-0.2, 0) is 6.54 Å². The van der Waals surface area contributed by atoms with E-state index in [0.717, 1.165) is 16.8 Å². The molecule has 96 valence electrons. The molecular formula is C14H13FN4. The molecule has 0 aliphatic rings. The molecule has 1 N–H and O–H groups in total. The minimum absolute atomic E-state index is 0.187. The molecule has 5 heteroatoms. The van der Waals surface area contributed by atoms with Gasteiger partial charge < -0.3 is 0 Å². The molecule has 0 aliphatic heterocycles. The first-order valence-corrected chi connectivity index (χ1v) is 6.00. The van der Waals surface area contributed by atoms with Gasteiger partial charge in [-0.1, -0.05) is 6.07 Å². The molecule has 0 fully saturated rings. The van der Waals surface area contributed by atoms with E-state index in [0.29, 0.717) is 12.1 Å². The van der Waals surface area contributed by atoms with Crippen LogP contribution in [0.2, 0.25) is 0 Å². The Morgan fingerprint density at radius 2 is 2.16 bits per heavy atom. The van der Waals surface area contributed by atoms with Gasteiger partial charge in [0.2, 0.25) is 0 Å². The first-order chi connectivity index (χ1) is 9.22. The molecule has 0 atom stereocenters. The summed E-state index contributed by atoms with van der Waals surface area (Å²) in [6, 6.07) is 6.97. The maximum Gasteiger partial charge on any atom is 0.126 e. The van der Waals surface area contributed by atoms with Crippen LogP contribution >= 0.6 is 0 Å². The van der Waals surface area contributed by atoms with Crippen LogP contribution in [0.3, 0.4) is 0 Å². The zero-order valence-electron chi connectivity index (χ0n) is 10.5. The summed E-state index contributed by atoms with van der Waals surface area (Å²) in [5.74, 6) is -0.187. The van der Waals surface area contributed by atoms with Crippen LogP contribution in [0.1, 0.15) is 11.3 Å². The van der Waals surface area contributed by atoms with E-state index in [4.69, 9.17) is 0 Å². The van der Waals surface area contributed by atoms with Crippen LogP contribution in [-0.4, -0.2) is 20.0 Å². The second-order valence-electron chi connectivity index (χ2n) is 4.46. The molecule has 19 heavy (non-hydrogen) atoms. The average molecular weight is 256 g/mol. The van der Waals surface area contributed by atoms with Gasteiger partial charge in [0.1, 0.15) is 5.82 Å². The molecule has 0 saturated carbocycles. The summed E-state index contributed by atoms with van der Waals surface area (Å²) < 4.78 is 15.0. The molecule has 1 aromatic carbocycles. The Balaban J connectivity index is 1.86. The van der Waals surface area contributed by atoms with Crippen molar-refractivity contribution in [3.8, 4) is 11.1 Å². The second-order valence-corrected chi connectivity index (χ2v) is 4.46. The van der Waals surface area contributed by atoms with Crippen LogP contribution in [0.15, 0.2) is 42.9 Å². The number of aromatic amines is 1. The van der Waals surface area contributed by atoms with Crippen LogP contribution in [0.5, 0.6) is 0 Å². The number of rotatable bonds is 3. The highest BCUT2D eigenvalue weighted by Crippen LogP contribution is 2.21. The Morgan fingerprint density at radius 1 is 1.26 bits per heavy atom. The van der Waals surface area contributed by atoms with E-state index in [9.17, 15) is 4.39 Å². The minimum Gasteiger partial charge on any atom is -0.285 e. The highest BCUT2D eigenvalue weighted by molar-refractivity contribution is 5.62. The van der Waals surface area contributed by atoms with Crippen molar-refractivity contribution in [3.05, 3.63) is 59.9 Å². The standard InChI is InChI=1S/C14H13FN4/c1-10-6-11(2-3-14(10)15)12-7-17-19(8-12)9-13-4-5-16-18-13/h2-8H,9H2,1H3,(H,16,18). The van der Waals surface area contributed by atoms with Crippen LogP contribution < -0.4 is 0 Å². The van der Waals surface area contributed by atoms with Crippen molar-refractivity contribution < 1.29 is 4.39 Å². The zero-order valence-corrected chi connectivity index (χ0v) is 10.5. The molecule has 0 radical (unpaired) electrons. The predicted molar refractivity (Wildman–Crippen MR) is 70.0 cm³/mol. The highest BCUT2D eigenvalue weighted by atomic mass is 19.1. The van der Waals surface area contributed by atoms with Crippen LogP contribution in [0, 0.1) is 12.7 Å². The number of benzene rings is 1. The average Bonchev–Trinajstić information content (AvgIpc) is 3.05. The van der Waals surface area contributed by atoms with Gasteiger partial charge in [-0.05, 0) is 36.2 Å². The van der Waals surface area contributed by atoms with E-state index >= 15 is 0 Å². The molecule has 3 aromatic rings. The normalized spacial score (nSPS) is 10.8. The smallest absolute Gasteiger partial charge is 0.126 e. The number of aromatic nitrogens is 4. The molecule has 0 bridgehead atoms.